The van der Waals surface area contributed by atoms with Crippen molar-refractivity contribution in [2.75, 3.05) is 20.7 Å². The normalized spacial score (nSPS) is 15.0. The molecule has 0 heterocycles. The van der Waals surface area contributed by atoms with Crippen molar-refractivity contribution in [3.05, 3.63) is 47.5 Å². The molecule has 7 nitrogen and oxygen atoms in total. The van der Waals surface area contributed by atoms with Gasteiger partial charge in [-0.05, 0) is 38.3 Å². The fourth-order valence-corrected chi connectivity index (χ4v) is 4.38. The van der Waals surface area contributed by atoms with Gasteiger partial charge in [-0.15, -0.1) is 0 Å². The average Bonchev–Trinajstić information content (AvgIpc) is 2.81. The smallest absolute Gasteiger partial charge is 0.333 e. The molecule has 0 aliphatic heterocycles. The van der Waals surface area contributed by atoms with Crippen molar-refractivity contribution in [3.63, 3.8) is 0 Å². The largest absolute Gasteiger partial charge is 0.463 e. The van der Waals surface area contributed by atoms with E-state index < -0.39 is 22.9 Å². The summed E-state index contributed by atoms with van der Waals surface area (Å²) >= 11 is 0. The highest BCUT2D eigenvalue weighted by Crippen LogP contribution is 2.29. The molecule has 1 unspecified atom stereocenters. The van der Waals surface area contributed by atoms with Crippen LogP contribution in [0.1, 0.15) is 73.8 Å². The average molecular weight is 502 g/mol. The fraction of sp³-hybridized carbons (Fsp3) is 0.621. The molecule has 0 saturated carbocycles. The lowest BCUT2D eigenvalue weighted by atomic mass is 9.76. The molecule has 1 aromatic carbocycles. The zero-order valence-electron chi connectivity index (χ0n) is 23.9. The van der Waals surface area contributed by atoms with Gasteiger partial charge in [-0.2, -0.15) is 0 Å². The zero-order chi connectivity index (χ0) is 27.7. The molecule has 0 saturated heterocycles. The minimum atomic E-state index is -0.756. The number of hydrogen-bond donors (Lipinski definition) is 2. The lowest BCUT2D eigenvalue weighted by molar-refractivity contribution is -0.140. The summed E-state index contributed by atoms with van der Waals surface area (Å²) in [5, 5.41) is 6.21. The van der Waals surface area contributed by atoms with Crippen molar-refractivity contribution in [1.82, 2.24) is 15.5 Å². The number of esters is 1. The maximum absolute atomic E-state index is 13.8. The highest BCUT2D eigenvalue weighted by atomic mass is 16.5. The Morgan fingerprint density at radius 1 is 1.03 bits per heavy atom. The number of carbonyl (C=O) groups excluding carboxylic acids is 3. The van der Waals surface area contributed by atoms with Crippen LogP contribution < -0.4 is 10.6 Å². The second-order valence-electron chi connectivity index (χ2n) is 11.0. The van der Waals surface area contributed by atoms with Crippen molar-refractivity contribution < 1.29 is 19.1 Å². The molecule has 1 rings (SSSR count). The van der Waals surface area contributed by atoms with E-state index in [0.29, 0.717) is 18.6 Å². The van der Waals surface area contributed by atoms with Crippen LogP contribution >= 0.6 is 0 Å². The van der Waals surface area contributed by atoms with E-state index in [1.165, 1.54) is 0 Å². The predicted octanol–water partition coefficient (Wildman–Crippen LogP) is 4.22. The fourth-order valence-electron chi connectivity index (χ4n) is 4.38. The van der Waals surface area contributed by atoms with Crippen LogP contribution in [0.15, 0.2) is 42.0 Å². The van der Waals surface area contributed by atoms with E-state index in [0.717, 1.165) is 12.0 Å². The Morgan fingerprint density at radius 2 is 1.61 bits per heavy atom. The molecule has 2 N–H and O–H groups in total. The van der Waals surface area contributed by atoms with E-state index >= 15 is 0 Å². The van der Waals surface area contributed by atoms with Gasteiger partial charge in [-0.1, -0.05) is 84.4 Å². The van der Waals surface area contributed by atoms with Crippen molar-refractivity contribution in [2.45, 2.75) is 91.8 Å². The highest BCUT2D eigenvalue weighted by Gasteiger charge is 2.41. The summed E-state index contributed by atoms with van der Waals surface area (Å²) in [6.45, 7) is 15.6. The first-order chi connectivity index (χ1) is 16.7. The number of ether oxygens (including phenoxy) is 1. The quantitative estimate of drug-likeness (QED) is 0.331. The SMILES string of the molecule is CCC[C@@H](/C=C(\C)C(=O)OCC)N(C)C(=O)C(NC(=O)[C@@H](NC)C(C)(C)c1ccccc1)C(C)(C)C. The molecule has 7 heteroatoms. The molecular formula is C29H47N3O4. The Hall–Kier alpha value is -2.67. The number of hydrogen-bond acceptors (Lipinski definition) is 5. The van der Waals surface area contributed by atoms with Crippen LogP contribution in [0.25, 0.3) is 0 Å². The standard InChI is InChI=1S/C29H47N3O4/c1-11-16-22(19-20(3)27(35)36-12-2)32(10)26(34)24(28(4,5)6)31-25(33)23(30-9)29(7,8)21-17-14-13-15-18-21/h13-15,17-19,22-24,30H,11-12,16H2,1-10H3,(H,31,33)/b20-19+/t22-,23+,24?/m0/s1. The summed E-state index contributed by atoms with van der Waals surface area (Å²) in [6, 6.07) is 8.26. The van der Waals surface area contributed by atoms with Gasteiger partial charge in [0.1, 0.15) is 6.04 Å². The number of nitrogens with one attached hydrogen (secondary N) is 2. The lowest BCUT2D eigenvalue weighted by Gasteiger charge is -2.39. The molecule has 3 atom stereocenters. The Kier molecular flexibility index (Phi) is 11.8. The highest BCUT2D eigenvalue weighted by molar-refractivity contribution is 5.92. The van der Waals surface area contributed by atoms with Gasteiger partial charge < -0.3 is 20.3 Å². The number of carbonyl (C=O) groups is 3. The summed E-state index contributed by atoms with van der Waals surface area (Å²) in [7, 11) is 3.49. The monoisotopic (exact) mass is 501 g/mol. The molecular weight excluding hydrogens is 454 g/mol. The summed E-state index contributed by atoms with van der Waals surface area (Å²) in [6.07, 6.45) is 3.30. The van der Waals surface area contributed by atoms with Gasteiger partial charge in [0, 0.05) is 18.0 Å². The van der Waals surface area contributed by atoms with Crippen LogP contribution in [0.5, 0.6) is 0 Å². The van der Waals surface area contributed by atoms with Crippen LogP contribution in [0.3, 0.4) is 0 Å². The number of nitrogens with zero attached hydrogens (tertiary/aromatic N) is 1. The summed E-state index contributed by atoms with van der Waals surface area (Å²) in [4.78, 5) is 41.2. The third-order valence-electron chi connectivity index (χ3n) is 6.66. The van der Waals surface area contributed by atoms with Gasteiger partial charge in [0.2, 0.25) is 11.8 Å². The van der Waals surface area contributed by atoms with Crippen LogP contribution in [-0.4, -0.2) is 61.5 Å². The van der Waals surface area contributed by atoms with Gasteiger partial charge >= 0.3 is 5.97 Å². The third-order valence-corrected chi connectivity index (χ3v) is 6.66. The first-order valence-corrected chi connectivity index (χ1v) is 12.9. The Morgan fingerprint density at radius 3 is 2.08 bits per heavy atom. The molecule has 0 radical (unpaired) electrons. The maximum Gasteiger partial charge on any atom is 0.333 e. The molecule has 1 aromatic rings. The van der Waals surface area contributed by atoms with E-state index in [1.807, 2.05) is 71.9 Å². The summed E-state index contributed by atoms with van der Waals surface area (Å²) in [5.74, 6) is -0.826. The molecule has 0 bridgehead atoms. The van der Waals surface area contributed by atoms with Gasteiger partial charge in [0.05, 0.1) is 18.7 Å². The number of likely N-dealkylation sites (N-methyl/N-ethyl adjacent to an activating group) is 2. The Bertz CT molecular complexity index is 903. The topological polar surface area (TPSA) is 87.7 Å². The lowest BCUT2D eigenvalue weighted by Crippen LogP contribution is -2.61. The van der Waals surface area contributed by atoms with Crippen LogP contribution in [-0.2, 0) is 24.5 Å². The van der Waals surface area contributed by atoms with E-state index in [9.17, 15) is 14.4 Å². The van der Waals surface area contributed by atoms with Crippen molar-refractivity contribution in [2.24, 2.45) is 5.41 Å². The Labute approximate surface area is 218 Å². The van der Waals surface area contributed by atoms with Gasteiger partial charge in [0.25, 0.3) is 0 Å². The number of benzene rings is 1. The van der Waals surface area contributed by atoms with Gasteiger partial charge in [-0.3, -0.25) is 9.59 Å². The second kappa shape index (κ2) is 13.6. The first-order valence-electron chi connectivity index (χ1n) is 12.9. The van der Waals surface area contributed by atoms with E-state index in [1.54, 1.807) is 38.9 Å². The summed E-state index contributed by atoms with van der Waals surface area (Å²) in [5.41, 5.74) is 0.443. The molecule has 2 amide bonds. The van der Waals surface area contributed by atoms with E-state index in [4.69, 9.17) is 4.74 Å². The third kappa shape index (κ3) is 8.19. The van der Waals surface area contributed by atoms with Crippen molar-refractivity contribution in [3.8, 4) is 0 Å². The van der Waals surface area contributed by atoms with Gasteiger partial charge in [0.15, 0.2) is 0 Å². The summed E-state index contributed by atoms with van der Waals surface area (Å²) < 4.78 is 5.11. The molecule has 0 fully saturated rings. The van der Waals surface area contributed by atoms with Crippen molar-refractivity contribution >= 4 is 17.8 Å². The van der Waals surface area contributed by atoms with Gasteiger partial charge in [-0.25, -0.2) is 4.79 Å². The first kappa shape index (κ1) is 31.4. The maximum atomic E-state index is 13.8. The van der Waals surface area contributed by atoms with Crippen LogP contribution in [0.4, 0.5) is 0 Å². The van der Waals surface area contributed by atoms with Crippen LogP contribution in [0, 0.1) is 5.41 Å². The molecule has 36 heavy (non-hydrogen) atoms. The second-order valence-corrected chi connectivity index (χ2v) is 11.0. The molecule has 0 aromatic heterocycles. The van der Waals surface area contributed by atoms with E-state index in [-0.39, 0.29) is 23.8 Å². The number of amides is 2. The Balaban J connectivity index is 3.25. The molecule has 202 valence electrons. The van der Waals surface area contributed by atoms with Crippen LogP contribution in [0.2, 0.25) is 0 Å². The number of rotatable bonds is 12. The molecule has 0 spiro atoms. The minimum absolute atomic E-state index is 0.199. The van der Waals surface area contributed by atoms with E-state index in [2.05, 4.69) is 10.6 Å². The molecule has 0 aliphatic carbocycles. The van der Waals surface area contributed by atoms with Crippen molar-refractivity contribution in [1.29, 1.82) is 0 Å². The minimum Gasteiger partial charge on any atom is -0.463 e. The zero-order valence-corrected chi connectivity index (χ0v) is 23.9. The molecule has 0 aliphatic rings. The predicted molar refractivity (Wildman–Crippen MR) is 146 cm³/mol.